The van der Waals surface area contributed by atoms with Crippen molar-refractivity contribution in [2.75, 3.05) is 37.6 Å². The molecule has 5 fully saturated rings. The minimum Gasteiger partial charge on any atom is -0.369 e. The summed E-state index contributed by atoms with van der Waals surface area (Å²) in [5.74, 6) is -0.0625. The van der Waals surface area contributed by atoms with Gasteiger partial charge in [-0.1, -0.05) is 11.6 Å². The maximum absolute atomic E-state index is 13.4. The highest BCUT2D eigenvalue weighted by atomic mass is 35.5. The highest BCUT2D eigenvalue weighted by Crippen LogP contribution is 2.40. The van der Waals surface area contributed by atoms with Crippen LogP contribution in [-0.4, -0.2) is 87.6 Å². The van der Waals surface area contributed by atoms with Crippen LogP contribution in [-0.2, 0) is 16.6 Å². The summed E-state index contributed by atoms with van der Waals surface area (Å²) in [4.78, 5) is 45.5. The Hall–Kier alpha value is -2.40. The van der Waals surface area contributed by atoms with Crippen molar-refractivity contribution in [2.45, 2.75) is 75.2 Å². The number of carbonyl (C=O) groups excluding carboxylic acids is 2. The Kier molecular flexibility index (Phi) is 6.30. The Morgan fingerprint density at radius 1 is 1.00 bits per heavy atom. The number of piperidine rings is 2. The number of aryl methyl sites for hydroxylation is 1. The third-order valence-corrected chi connectivity index (χ3v) is 10.4. The number of amides is 2. The van der Waals surface area contributed by atoms with Crippen molar-refractivity contribution in [1.82, 2.24) is 24.3 Å². The number of halogens is 1. The van der Waals surface area contributed by atoms with Crippen LogP contribution in [0.3, 0.4) is 0 Å². The lowest BCUT2D eigenvalue weighted by molar-refractivity contribution is -0.135. The molecule has 10 nitrogen and oxygen atoms in total. The fourth-order valence-corrected chi connectivity index (χ4v) is 8.25. The second kappa shape index (κ2) is 9.61. The molecule has 2 bridgehead atoms. The maximum Gasteiger partial charge on any atom is 0.329 e. The number of nitrogens with zero attached hydrogens (tertiary/aromatic N) is 5. The van der Waals surface area contributed by atoms with E-state index < -0.39 is 11.9 Å². The highest BCUT2D eigenvalue weighted by molar-refractivity contribution is 6.34. The Morgan fingerprint density at radius 2 is 1.77 bits per heavy atom. The standard InChI is InChI=1S/C28H38ClN7O3/c1-32-26-22(36(28(32)39)23-4-5-24(37)31-27(23)38)3-2-21(29)25(26)33-8-6-16(7-9-33)13-34-14-20-12-19(34)15-35(20)18-10-17(30)11-18/h2-3,16-20,23H,4-15,30H2,1H3,(H,31,37,38)/t17?,18?,19-,20-,23?/m0/s1. The van der Waals surface area contributed by atoms with Crippen LogP contribution in [0.4, 0.5) is 5.69 Å². The molecule has 5 aliphatic rings. The number of anilines is 1. The number of likely N-dealkylation sites (tertiary alicyclic amines) is 2. The number of imidazole rings is 1. The van der Waals surface area contributed by atoms with E-state index in [4.69, 9.17) is 17.3 Å². The summed E-state index contributed by atoms with van der Waals surface area (Å²) in [6.07, 6.45) is 6.35. The molecule has 0 radical (unpaired) electrons. The van der Waals surface area contributed by atoms with E-state index in [0.29, 0.717) is 47.0 Å². The lowest BCUT2D eigenvalue weighted by Gasteiger charge is -2.46. The molecule has 1 saturated carbocycles. The van der Waals surface area contributed by atoms with Crippen molar-refractivity contribution >= 4 is 40.1 Å². The van der Waals surface area contributed by atoms with E-state index in [0.717, 1.165) is 43.7 Å². The van der Waals surface area contributed by atoms with Gasteiger partial charge in [-0.2, -0.15) is 0 Å². The quantitative estimate of drug-likeness (QED) is 0.537. The number of rotatable bonds is 5. The molecule has 0 spiro atoms. The molecule has 2 amide bonds. The molecular weight excluding hydrogens is 518 g/mol. The normalized spacial score (nSPS) is 32.3. The molecule has 11 heteroatoms. The van der Waals surface area contributed by atoms with E-state index in [-0.39, 0.29) is 18.0 Å². The van der Waals surface area contributed by atoms with E-state index in [1.165, 1.54) is 36.9 Å². The first-order valence-corrected chi connectivity index (χ1v) is 14.9. The largest absolute Gasteiger partial charge is 0.369 e. The van der Waals surface area contributed by atoms with Crippen LogP contribution in [0.1, 0.15) is 51.0 Å². The number of piperazine rings is 1. The molecule has 1 aromatic carbocycles. The predicted octanol–water partition coefficient (Wildman–Crippen LogP) is 1.44. The van der Waals surface area contributed by atoms with Gasteiger partial charge >= 0.3 is 5.69 Å². The molecule has 7 rings (SSSR count). The molecule has 1 unspecified atom stereocenters. The lowest BCUT2D eigenvalue weighted by Crippen LogP contribution is -2.57. The number of nitrogens with two attached hydrogens (primary N) is 1. The minimum absolute atomic E-state index is 0.221. The van der Waals surface area contributed by atoms with Crippen molar-refractivity contribution in [1.29, 1.82) is 0 Å². The average molecular weight is 556 g/mol. The number of benzene rings is 1. The van der Waals surface area contributed by atoms with E-state index in [1.54, 1.807) is 11.6 Å². The van der Waals surface area contributed by atoms with Crippen molar-refractivity contribution in [2.24, 2.45) is 18.7 Å². The van der Waals surface area contributed by atoms with E-state index in [2.05, 4.69) is 20.0 Å². The number of nitrogens with one attached hydrogen (secondary N) is 1. The van der Waals surface area contributed by atoms with Gasteiger partial charge in [-0.15, -0.1) is 0 Å². The number of fused-ring (bicyclic) bond motifs is 3. The number of hydrogen-bond donors (Lipinski definition) is 2. The number of aromatic nitrogens is 2. The van der Waals surface area contributed by atoms with Crippen LogP contribution in [0.15, 0.2) is 16.9 Å². The second-order valence-electron chi connectivity index (χ2n) is 12.5. The Labute approximate surface area is 233 Å². The van der Waals surface area contributed by atoms with Gasteiger partial charge in [0, 0.05) is 70.4 Å². The monoisotopic (exact) mass is 555 g/mol. The van der Waals surface area contributed by atoms with Gasteiger partial charge in [0.15, 0.2) is 0 Å². The molecule has 4 saturated heterocycles. The summed E-state index contributed by atoms with van der Waals surface area (Å²) in [5.41, 5.74) is 8.09. The topological polar surface area (TPSA) is 109 Å². The zero-order chi connectivity index (χ0) is 27.0. The van der Waals surface area contributed by atoms with Crippen LogP contribution in [0.2, 0.25) is 5.02 Å². The van der Waals surface area contributed by atoms with Crippen molar-refractivity contribution in [3.8, 4) is 0 Å². The Bertz CT molecular complexity index is 1370. The molecular formula is C28H38ClN7O3. The third kappa shape index (κ3) is 4.22. The molecule has 3 N–H and O–H groups in total. The van der Waals surface area contributed by atoms with Crippen molar-refractivity contribution in [3.05, 3.63) is 27.6 Å². The van der Waals surface area contributed by atoms with Gasteiger partial charge in [-0.05, 0) is 56.6 Å². The fourth-order valence-electron chi connectivity index (χ4n) is 7.98. The first-order valence-electron chi connectivity index (χ1n) is 14.5. The number of carbonyl (C=O) groups is 2. The Morgan fingerprint density at radius 3 is 2.44 bits per heavy atom. The predicted molar refractivity (Wildman–Crippen MR) is 150 cm³/mol. The molecule has 5 heterocycles. The zero-order valence-electron chi connectivity index (χ0n) is 22.5. The molecule has 1 aromatic heterocycles. The van der Waals surface area contributed by atoms with Gasteiger partial charge in [-0.3, -0.25) is 33.8 Å². The van der Waals surface area contributed by atoms with E-state index >= 15 is 0 Å². The van der Waals surface area contributed by atoms with Crippen LogP contribution < -0.4 is 21.6 Å². The van der Waals surface area contributed by atoms with Gasteiger partial charge in [0.1, 0.15) is 6.04 Å². The lowest BCUT2D eigenvalue weighted by atomic mass is 9.85. The third-order valence-electron chi connectivity index (χ3n) is 10.1. The van der Waals surface area contributed by atoms with Crippen LogP contribution in [0.25, 0.3) is 11.0 Å². The summed E-state index contributed by atoms with van der Waals surface area (Å²) >= 11 is 6.77. The van der Waals surface area contributed by atoms with E-state index in [9.17, 15) is 14.4 Å². The summed E-state index contributed by atoms with van der Waals surface area (Å²) < 4.78 is 3.14. The first-order chi connectivity index (χ1) is 18.8. The van der Waals surface area contributed by atoms with Crippen LogP contribution >= 0.6 is 11.6 Å². The van der Waals surface area contributed by atoms with Crippen LogP contribution in [0, 0.1) is 5.92 Å². The minimum atomic E-state index is -0.702. The average Bonchev–Trinajstić information content (AvgIpc) is 3.55. The summed E-state index contributed by atoms with van der Waals surface area (Å²) in [6, 6.07) is 5.47. The van der Waals surface area contributed by atoms with Gasteiger partial charge in [0.25, 0.3) is 0 Å². The Balaban J connectivity index is 1.05. The SMILES string of the molecule is Cn1c(=O)n(C2CCC(=O)NC2=O)c2ccc(Cl)c(N3CCC(CN4C[C@@H]5C[C@H]4CN5C4CC(N)C4)CC3)c21. The first kappa shape index (κ1) is 25.6. The van der Waals surface area contributed by atoms with Gasteiger partial charge < -0.3 is 10.6 Å². The summed E-state index contributed by atoms with van der Waals surface area (Å²) in [6.45, 7) is 5.33. The van der Waals surface area contributed by atoms with Gasteiger partial charge in [0.2, 0.25) is 11.8 Å². The summed E-state index contributed by atoms with van der Waals surface area (Å²) in [5, 5.41) is 3.00. The van der Waals surface area contributed by atoms with Crippen LogP contribution in [0.5, 0.6) is 0 Å². The summed E-state index contributed by atoms with van der Waals surface area (Å²) in [7, 11) is 1.74. The molecule has 39 heavy (non-hydrogen) atoms. The smallest absolute Gasteiger partial charge is 0.329 e. The zero-order valence-corrected chi connectivity index (χ0v) is 23.3. The van der Waals surface area contributed by atoms with Crippen molar-refractivity contribution < 1.29 is 9.59 Å². The van der Waals surface area contributed by atoms with E-state index in [1.807, 2.05) is 12.1 Å². The molecule has 3 atom stereocenters. The number of imide groups is 1. The van der Waals surface area contributed by atoms with Gasteiger partial charge in [0.05, 0.1) is 21.7 Å². The van der Waals surface area contributed by atoms with Gasteiger partial charge in [-0.25, -0.2) is 4.79 Å². The molecule has 4 aliphatic heterocycles. The fraction of sp³-hybridized carbons (Fsp3) is 0.679. The van der Waals surface area contributed by atoms with Crippen molar-refractivity contribution in [3.63, 3.8) is 0 Å². The maximum atomic E-state index is 13.4. The molecule has 2 aromatic rings. The number of hydrogen-bond acceptors (Lipinski definition) is 7. The molecule has 210 valence electrons. The molecule has 1 aliphatic carbocycles. The second-order valence-corrected chi connectivity index (χ2v) is 12.9. The highest BCUT2D eigenvalue weighted by Gasteiger charge is 2.48.